The van der Waals surface area contributed by atoms with E-state index >= 15 is 0 Å². The Morgan fingerprint density at radius 3 is 2.21 bits per heavy atom. The zero-order valence-electron chi connectivity index (χ0n) is 25.3. The number of anilines is 4. The highest BCUT2D eigenvalue weighted by Gasteiger charge is 2.23. The van der Waals surface area contributed by atoms with Gasteiger partial charge in [0, 0.05) is 28.9 Å². The van der Waals surface area contributed by atoms with Crippen LogP contribution in [0.5, 0.6) is 11.5 Å². The first-order valence-electron chi connectivity index (χ1n) is 14.0. The summed E-state index contributed by atoms with van der Waals surface area (Å²) in [6.07, 6.45) is 3.87. The lowest BCUT2D eigenvalue weighted by Crippen LogP contribution is -2.24. The zero-order valence-corrected chi connectivity index (χ0v) is 26.8. The van der Waals surface area contributed by atoms with E-state index in [2.05, 4.69) is 34.1 Å². The molecule has 238 valence electrons. The zero-order chi connectivity index (χ0) is 33.7. The molecule has 0 spiro atoms. The van der Waals surface area contributed by atoms with Gasteiger partial charge in [0.25, 0.3) is 5.56 Å². The standard InChI is InChI=1S/C34H28Cl2N6O5/c1-5-27(43)38-21-11-9-10-19(14-21)18-42-32-20(15-22(33(42)45)29-30(35)25(46-3)16-26(47-4)31(29)36)17-37-34(41-32)40-24-13-8-7-12-23(24)39-28(44)6-2/h5-17H,1-2,18H2,3-4H3,(H,38,43)(H,39,44)(H,37,40,41). The van der Waals surface area contributed by atoms with E-state index in [1.165, 1.54) is 24.9 Å². The Labute approximate surface area is 279 Å². The molecule has 0 saturated carbocycles. The molecule has 0 radical (unpaired) electrons. The number of nitrogens with zero attached hydrogens (tertiary/aromatic N) is 3. The normalized spacial score (nSPS) is 10.6. The molecule has 0 aliphatic rings. The van der Waals surface area contributed by atoms with E-state index in [1.54, 1.807) is 54.7 Å². The van der Waals surface area contributed by atoms with Crippen molar-refractivity contribution >= 4 is 69.1 Å². The third-order valence-electron chi connectivity index (χ3n) is 7.01. The van der Waals surface area contributed by atoms with Gasteiger partial charge in [-0.15, -0.1) is 0 Å². The average Bonchev–Trinajstić information content (AvgIpc) is 3.07. The monoisotopic (exact) mass is 670 g/mol. The van der Waals surface area contributed by atoms with Gasteiger partial charge in [-0.1, -0.05) is 60.6 Å². The maximum atomic E-state index is 14.4. The molecule has 0 aliphatic carbocycles. The number of carbonyl (C=O) groups is 2. The minimum Gasteiger partial charge on any atom is -0.495 e. The van der Waals surface area contributed by atoms with Gasteiger partial charge in [-0.2, -0.15) is 4.98 Å². The number of benzene rings is 3. The fourth-order valence-electron chi connectivity index (χ4n) is 4.80. The van der Waals surface area contributed by atoms with Gasteiger partial charge >= 0.3 is 0 Å². The summed E-state index contributed by atoms with van der Waals surface area (Å²) in [6.45, 7) is 7.03. The van der Waals surface area contributed by atoms with E-state index in [4.69, 9.17) is 37.7 Å². The number of para-hydroxylation sites is 2. The quantitative estimate of drug-likeness (QED) is 0.130. The largest absolute Gasteiger partial charge is 0.495 e. The van der Waals surface area contributed by atoms with Crippen molar-refractivity contribution in [3.63, 3.8) is 0 Å². The molecule has 5 aromatic rings. The van der Waals surface area contributed by atoms with Crippen LogP contribution in [-0.4, -0.2) is 40.6 Å². The van der Waals surface area contributed by atoms with E-state index in [1.807, 2.05) is 6.07 Å². The van der Waals surface area contributed by atoms with Crippen molar-refractivity contribution in [3.05, 3.63) is 118 Å². The number of pyridine rings is 1. The first-order chi connectivity index (χ1) is 22.7. The minimum atomic E-state index is -0.472. The second kappa shape index (κ2) is 14.2. The first kappa shape index (κ1) is 32.7. The molecule has 0 unspecified atom stereocenters. The SMILES string of the molecule is C=CC(=O)Nc1cccc(Cn2c(=O)c(-c3c(Cl)c(OC)cc(OC)c3Cl)cc3cnc(Nc4ccccc4NC(=O)C=C)nc32)c1. The number of amides is 2. The number of fused-ring (bicyclic) bond motifs is 1. The molecule has 5 rings (SSSR count). The van der Waals surface area contributed by atoms with Crippen LogP contribution in [0, 0.1) is 0 Å². The number of hydrogen-bond donors (Lipinski definition) is 3. The van der Waals surface area contributed by atoms with Crippen LogP contribution >= 0.6 is 23.2 Å². The van der Waals surface area contributed by atoms with Gasteiger partial charge in [-0.05, 0) is 48.0 Å². The van der Waals surface area contributed by atoms with Gasteiger partial charge in [0.1, 0.15) is 17.1 Å². The van der Waals surface area contributed by atoms with Gasteiger partial charge in [0.05, 0.1) is 47.7 Å². The molecule has 3 N–H and O–H groups in total. The molecule has 0 saturated heterocycles. The Kier molecular flexibility index (Phi) is 9.88. The van der Waals surface area contributed by atoms with Crippen LogP contribution < -0.4 is 31.0 Å². The lowest BCUT2D eigenvalue weighted by molar-refractivity contribution is -0.112. The van der Waals surface area contributed by atoms with Crippen LogP contribution in [0.4, 0.5) is 23.0 Å². The van der Waals surface area contributed by atoms with Crippen molar-refractivity contribution in [2.24, 2.45) is 0 Å². The van der Waals surface area contributed by atoms with Crippen molar-refractivity contribution in [3.8, 4) is 22.6 Å². The van der Waals surface area contributed by atoms with E-state index < -0.39 is 11.5 Å². The molecule has 47 heavy (non-hydrogen) atoms. The Morgan fingerprint density at radius 2 is 1.55 bits per heavy atom. The summed E-state index contributed by atoms with van der Waals surface area (Å²) in [4.78, 5) is 47.6. The Bertz CT molecular complexity index is 2090. The summed E-state index contributed by atoms with van der Waals surface area (Å²) < 4.78 is 12.3. The number of aromatic nitrogens is 3. The predicted molar refractivity (Wildman–Crippen MR) is 185 cm³/mol. The maximum Gasteiger partial charge on any atom is 0.260 e. The number of rotatable bonds is 11. The van der Waals surface area contributed by atoms with E-state index in [-0.39, 0.29) is 56.7 Å². The van der Waals surface area contributed by atoms with Crippen LogP contribution in [0.1, 0.15) is 5.56 Å². The summed E-state index contributed by atoms with van der Waals surface area (Å²) >= 11 is 13.5. The van der Waals surface area contributed by atoms with Crippen molar-refractivity contribution in [1.82, 2.24) is 14.5 Å². The smallest absolute Gasteiger partial charge is 0.260 e. The van der Waals surface area contributed by atoms with Crippen molar-refractivity contribution in [2.45, 2.75) is 6.54 Å². The van der Waals surface area contributed by atoms with Gasteiger partial charge in [-0.3, -0.25) is 19.0 Å². The molecule has 0 bridgehead atoms. The van der Waals surface area contributed by atoms with Crippen LogP contribution in [0.3, 0.4) is 0 Å². The topological polar surface area (TPSA) is 136 Å². The number of ether oxygens (including phenoxy) is 2. The molecule has 0 atom stereocenters. The Hall–Kier alpha value is -5.65. The summed E-state index contributed by atoms with van der Waals surface area (Å²) in [5.74, 6) is -0.0887. The maximum absolute atomic E-state index is 14.4. The summed E-state index contributed by atoms with van der Waals surface area (Å²) in [6, 6.07) is 17.1. The number of hydrogen-bond acceptors (Lipinski definition) is 8. The van der Waals surface area contributed by atoms with E-state index in [0.29, 0.717) is 28.0 Å². The van der Waals surface area contributed by atoms with E-state index in [9.17, 15) is 14.4 Å². The van der Waals surface area contributed by atoms with Gasteiger partial charge in [0.15, 0.2) is 0 Å². The lowest BCUT2D eigenvalue weighted by Gasteiger charge is -2.18. The number of halogens is 2. The van der Waals surface area contributed by atoms with Crippen LogP contribution in [0.15, 0.2) is 97.0 Å². The average molecular weight is 672 g/mol. The van der Waals surface area contributed by atoms with E-state index in [0.717, 1.165) is 12.2 Å². The van der Waals surface area contributed by atoms with Crippen LogP contribution in [0.2, 0.25) is 10.0 Å². The van der Waals surface area contributed by atoms with Gasteiger partial charge in [-0.25, -0.2) is 4.98 Å². The van der Waals surface area contributed by atoms with Crippen molar-refractivity contribution in [2.75, 3.05) is 30.2 Å². The summed E-state index contributed by atoms with van der Waals surface area (Å²) in [5.41, 5.74) is 2.36. The molecule has 11 nitrogen and oxygen atoms in total. The highest BCUT2D eigenvalue weighted by atomic mass is 35.5. The third kappa shape index (κ3) is 6.96. The molecule has 0 fully saturated rings. The minimum absolute atomic E-state index is 0.0414. The second-order valence-corrected chi connectivity index (χ2v) is 10.7. The first-order valence-corrected chi connectivity index (χ1v) is 14.8. The fraction of sp³-hybridized carbons (Fsp3) is 0.0882. The van der Waals surface area contributed by atoms with Gasteiger partial charge in [0.2, 0.25) is 17.8 Å². The molecule has 2 aromatic heterocycles. The fourth-order valence-corrected chi connectivity index (χ4v) is 5.50. The second-order valence-electron chi connectivity index (χ2n) is 9.96. The Morgan fingerprint density at radius 1 is 0.894 bits per heavy atom. The summed E-state index contributed by atoms with van der Waals surface area (Å²) in [5, 5.41) is 9.31. The molecule has 13 heteroatoms. The highest BCUT2D eigenvalue weighted by molar-refractivity contribution is 6.41. The molecular formula is C34H28Cl2N6O5. The van der Waals surface area contributed by atoms with Crippen LogP contribution in [-0.2, 0) is 16.1 Å². The van der Waals surface area contributed by atoms with Crippen molar-refractivity contribution < 1.29 is 19.1 Å². The number of nitrogens with one attached hydrogen (secondary N) is 3. The Balaban J connectivity index is 1.71. The molecule has 2 heterocycles. The lowest BCUT2D eigenvalue weighted by atomic mass is 10.0. The third-order valence-corrected chi connectivity index (χ3v) is 7.76. The number of methoxy groups -OCH3 is 2. The molecule has 0 aliphatic heterocycles. The van der Waals surface area contributed by atoms with Crippen LogP contribution in [0.25, 0.3) is 22.2 Å². The highest BCUT2D eigenvalue weighted by Crippen LogP contribution is 2.45. The molecular weight excluding hydrogens is 643 g/mol. The summed E-state index contributed by atoms with van der Waals surface area (Å²) in [7, 11) is 2.89. The van der Waals surface area contributed by atoms with Gasteiger partial charge < -0.3 is 25.4 Å². The predicted octanol–water partition coefficient (Wildman–Crippen LogP) is 6.82. The molecule has 2 amide bonds. The number of carbonyl (C=O) groups excluding carboxylic acids is 2. The van der Waals surface area contributed by atoms with Crippen molar-refractivity contribution in [1.29, 1.82) is 0 Å². The molecule has 3 aromatic carbocycles.